The quantitative estimate of drug-likeness (QED) is 0.351. The zero-order valence-corrected chi connectivity index (χ0v) is 24.0. The van der Waals surface area contributed by atoms with E-state index >= 15 is 0 Å². The van der Waals surface area contributed by atoms with E-state index in [2.05, 4.69) is 21.4 Å². The Kier molecular flexibility index (Phi) is 9.42. The van der Waals surface area contributed by atoms with E-state index in [1.54, 1.807) is 35.2 Å². The number of nitrogens with zero attached hydrogens (tertiary/aromatic N) is 2. The van der Waals surface area contributed by atoms with Crippen LogP contribution in [0.15, 0.2) is 45.8 Å². The maximum Gasteiger partial charge on any atom is 0.285 e. The fraction of sp³-hybridized carbons (Fsp3) is 0.308. The lowest BCUT2D eigenvalue weighted by molar-refractivity contribution is -0.137. The third-order valence-electron chi connectivity index (χ3n) is 5.65. The number of morpholine rings is 1. The molecule has 0 radical (unpaired) electrons. The van der Waals surface area contributed by atoms with Gasteiger partial charge in [-0.1, -0.05) is 29.5 Å². The highest BCUT2D eigenvalue weighted by Crippen LogP contribution is 2.39. The number of ether oxygens (including phenoxy) is 3. The van der Waals surface area contributed by atoms with Gasteiger partial charge < -0.3 is 19.1 Å². The van der Waals surface area contributed by atoms with Gasteiger partial charge >= 0.3 is 0 Å². The summed E-state index contributed by atoms with van der Waals surface area (Å²) < 4.78 is 17.7. The van der Waals surface area contributed by atoms with E-state index < -0.39 is 11.8 Å². The van der Waals surface area contributed by atoms with Gasteiger partial charge in [0, 0.05) is 18.7 Å². The maximum atomic E-state index is 13.0. The summed E-state index contributed by atoms with van der Waals surface area (Å²) in [7, 11) is 0. The Bertz CT molecular complexity index is 1280. The van der Waals surface area contributed by atoms with Crippen LogP contribution >= 0.6 is 39.9 Å². The Labute approximate surface area is 238 Å². The highest BCUT2D eigenvalue weighted by molar-refractivity contribution is 9.10. The SMILES string of the molecule is CCOc1cc(/C=C2/SC(=S)N(NC(=O)c3ccc(C)cc3)C2=O)cc(Br)c1OCC(=O)N1CCOCC1. The highest BCUT2D eigenvalue weighted by atomic mass is 79.9. The van der Waals surface area contributed by atoms with Gasteiger partial charge in [0.05, 0.1) is 29.2 Å². The van der Waals surface area contributed by atoms with Crippen molar-refractivity contribution >= 4 is 68.0 Å². The largest absolute Gasteiger partial charge is 0.490 e. The second-order valence-corrected chi connectivity index (χ2v) is 10.9. The molecular formula is C26H26BrN3O6S2. The van der Waals surface area contributed by atoms with Crippen molar-refractivity contribution in [3.05, 3.63) is 62.5 Å². The summed E-state index contributed by atoms with van der Waals surface area (Å²) in [4.78, 5) is 40.2. The highest BCUT2D eigenvalue weighted by Gasteiger charge is 2.34. The van der Waals surface area contributed by atoms with Crippen LogP contribution in [-0.4, -0.2) is 71.5 Å². The van der Waals surface area contributed by atoms with Crippen LogP contribution in [0.2, 0.25) is 0 Å². The molecule has 0 aromatic heterocycles. The number of carbonyl (C=O) groups excluding carboxylic acids is 3. The molecule has 2 fully saturated rings. The minimum atomic E-state index is -0.439. The van der Waals surface area contributed by atoms with Crippen molar-refractivity contribution in [2.75, 3.05) is 39.5 Å². The van der Waals surface area contributed by atoms with E-state index in [1.165, 1.54) is 0 Å². The number of nitrogens with one attached hydrogen (secondary N) is 1. The zero-order chi connectivity index (χ0) is 27.2. The van der Waals surface area contributed by atoms with Crippen molar-refractivity contribution in [2.45, 2.75) is 13.8 Å². The Balaban J connectivity index is 1.48. The molecule has 2 aliphatic rings. The number of benzene rings is 2. The molecule has 0 atom stereocenters. The lowest BCUT2D eigenvalue weighted by Crippen LogP contribution is -2.44. The number of rotatable bonds is 8. The molecule has 2 heterocycles. The standard InChI is InChI=1S/C26H26BrN3O6S2/c1-3-35-20-13-17(12-19(27)23(20)36-15-22(31)29-8-10-34-11-9-29)14-21-25(33)30(26(37)38-21)28-24(32)18-6-4-16(2)5-7-18/h4-7,12-14H,3,8-11,15H2,1-2H3,(H,28,32)/b21-14+. The summed E-state index contributed by atoms with van der Waals surface area (Å²) in [6, 6.07) is 10.5. The molecule has 12 heteroatoms. The Morgan fingerprint density at radius 2 is 1.89 bits per heavy atom. The van der Waals surface area contributed by atoms with Crippen LogP contribution < -0.4 is 14.9 Å². The fourth-order valence-corrected chi connectivity index (χ4v) is 5.45. The first kappa shape index (κ1) is 28.1. The summed E-state index contributed by atoms with van der Waals surface area (Å²) in [6.45, 7) is 6.08. The normalized spacial score (nSPS) is 16.7. The van der Waals surface area contributed by atoms with Crippen molar-refractivity contribution in [1.29, 1.82) is 0 Å². The molecule has 2 aliphatic heterocycles. The predicted molar refractivity (Wildman–Crippen MR) is 152 cm³/mol. The lowest BCUT2D eigenvalue weighted by atomic mass is 10.1. The topological polar surface area (TPSA) is 97.4 Å². The number of carbonyl (C=O) groups is 3. The van der Waals surface area contributed by atoms with Gasteiger partial charge in [-0.25, -0.2) is 0 Å². The molecule has 4 rings (SSSR count). The van der Waals surface area contributed by atoms with Gasteiger partial charge in [0.1, 0.15) is 0 Å². The third kappa shape index (κ3) is 6.73. The minimum absolute atomic E-state index is 0.136. The van der Waals surface area contributed by atoms with Crippen LogP contribution in [0, 0.1) is 6.92 Å². The van der Waals surface area contributed by atoms with Crippen LogP contribution in [0.25, 0.3) is 6.08 Å². The van der Waals surface area contributed by atoms with Gasteiger partial charge in [-0.3, -0.25) is 19.8 Å². The number of thioether (sulfide) groups is 1. The summed E-state index contributed by atoms with van der Waals surface area (Å²) in [6.07, 6.45) is 1.66. The summed E-state index contributed by atoms with van der Waals surface area (Å²) in [5, 5.41) is 1.07. The van der Waals surface area contributed by atoms with Crippen molar-refractivity contribution in [2.24, 2.45) is 0 Å². The van der Waals surface area contributed by atoms with Gasteiger partial charge in [0.2, 0.25) is 0 Å². The molecule has 2 aromatic carbocycles. The monoisotopic (exact) mass is 619 g/mol. The van der Waals surface area contributed by atoms with Crippen molar-refractivity contribution in [1.82, 2.24) is 15.3 Å². The molecule has 0 unspecified atom stereocenters. The molecular weight excluding hydrogens is 594 g/mol. The van der Waals surface area contributed by atoms with E-state index in [-0.39, 0.29) is 16.8 Å². The average molecular weight is 621 g/mol. The molecule has 0 aliphatic carbocycles. The number of thiocarbonyl (C=S) groups is 1. The lowest BCUT2D eigenvalue weighted by Gasteiger charge is -2.27. The number of hydrogen-bond acceptors (Lipinski definition) is 8. The number of hydrazine groups is 1. The molecule has 38 heavy (non-hydrogen) atoms. The average Bonchev–Trinajstić information content (AvgIpc) is 3.16. The number of halogens is 1. The van der Waals surface area contributed by atoms with Gasteiger partial charge in [-0.15, -0.1) is 0 Å². The van der Waals surface area contributed by atoms with Gasteiger partial charge in [-0.05, 0) is 77.9 Å². The van der Waals surface area contributed by atoms with Gasteiger partial charge in [-0.2, -0.15) is 5.01 Å². The molecule has 200 valence electrons. The van der Waals surface area contributed by atoms with E-state index in [9.17, 15) is 14.4 Å². The summed E-state index contributed by atoms with van der Waals surface area (Å²) >= 11 is 9.93. The molecule has 2 aromatic rings. The first-order valence-electron chi connectivity index (χ1n) is 11.9. The first-order valence-corrected chi connectivity index (χ1v) is 13.9. The molecule has 1 N–H and O–H groups in total. The molecule has 2 saturated heterocycles. The smallest absolute Gasteiger partial charge is 0.285 e. The molecule has 9 nitrogen and oxygen atoms in total. The van der Waals surface area contributed by atoms with Crippen molar-refractivity contribution in [3.8, 4) is 11.5 Å². The third-order valence-corrected chi connectivity index (χ3v) is 7.55. The van der Waals surface area contributed by atoms with E-state index in [4.69, 9.17) is 26.4 Å². The Hall–Kier alpha value is -2.93. The second-order valence-electron chi connectivity index (χ2n) is 8.37. The Morgan fingerprint density at radius 1 is 1.18 bits per heavy atom. The van der Waals surface area contributed by atoms with Crippen LogP contribution in [0.3, 0.4) is 0 Å². The first-order chi connectivity index (χ1) is 18.3. The molecule has 3 amide bonds. The second kappa shape index (κ2) is 12.7. The minimum Gasteiger partial charge on any atom is -0.490 e. The van der Waals surface area contributed by atoms with Crippen LogP contribution in [0.1, 0.15) is 28.4 Å². The zero-order valence-electron chi connectivity index (χ0n) is 20.8. The van der Waals surface area contributed by atoms with Crippen molar-refractivity contribution < 1.29 is 28.6 Å². The van der Waals surface area contributed by atoms with Crippen LogP contribution in [0.5, 0.6) is 11.5 Å². The molecule has 0 spiro atoms. The number of amides is 3. The van der Waals surface area contributed by atoms with Crippen LogP contribution in [0.4, 0.5) is 0 Å². The van der Waals surface area contributed by atoms with E-state index in [0.717, 1.165) is 22.3 Å². The predicted octanol–water partition coefficient (Wildman–Crippen LogP) is 3.94. The number of aryl methyl sites for hydroxylation is 1. The van der Waals surface area contributed by atoms with Gasteiger partial charge in [0.15, 0.2) is 22.4 Å². The molecule has 0 saturated carbocycles. The van der Waals surface area contributed by atoms with Gasteiger partial charge in [0.25, 0.3) is 17.7 Å². The Morgan fingerprint density at radius 3 is 2.58 bits per heavy atom. The summed E-state index contributed by atoms with van der Waals surface area (Å²) in [5.74, 6) is -0.194. The van der Waals surface area contributed by atoms with Crippen molar-refractivity contribution in [3.63, 3.8) is 0 Å². The maximum absolute atomic E-state index is 13.0. The number of hydrogen-bond donors (Lipinski definition) is 1. The molecule has 0 bridgehead atoms. The fourth-order valence-electron chi connectivity index (χ4n) is 3.70. The van der Waals surface area contributed by atoms with E-state index in [0.29, 0.717) is 64.9 Å². The van der Waals surface area contributed by atoms with Crippen LogP contribution in [-0.2, 0) is 14.3 Å². The van der Waals surface area contributed by atoms with E-state index in [1.807, 2.05) is 26.0 Å². The summed E-state index contributed by atoms with van der Waals surface area (Å²) in [5.41, 5.74) is 4.67.